The molecule has 10 heteroatoms. The van der Waals surface area contributed by atoms with Gasteiger partial charge in [-0.05, 0) is 39.8 Å². The molecule has 0 N–H and O–H groups in total. The molecular formula is C21H27N7O3. The van der Waals surface area contributed by atoms with Gasteiger partial charge in [-0.1, -0.05) is 5.16 Å². The minimum absolute atomic E-state index is 0.0358. The van der Waals surface area contributed by atoms with Crippen LogP contribution in [-0.4, -0.2) is 73.1 Å². The molecule has 10 nitrogen and oxygen atoms in total. The van der Waals surface area contributed by atoms with Gasteiger partial charge in [-0.25, -0.2) is 9.36 Å². The molecule has 31 heavy (non-hydrogen) atoms. The zero-order valence-electron chi connectivity index (χ0n) is 18.3. The molecule has 0 bridgehead atoms. The molecule has 1 aliphatic rings. The summed E-state index contributed by atoms with van der Waals surface area (Å²) in [4.78, 5) is 29.1. The predicted molar refractivity (Wildman–Crippen MR) is 113 cm³/mol. The van der Waals surface area contributed by atoms with Gasteiger partial charge < -0.3 is 9.42 Å². The number of hydrogen-bond donors (Lipinski definition) is 0. The van der Waals surface area contributed by atoms with Crippen molar-refractivity contribution in [3.05, 3.63) is 57.0 Å². The molecule has 4 heterocycles. The highest BCUT2D eigenvalue weighted by molar-refractivity contribution is 5.96. The van der Waals surface area contributed by atoms with Crippen LogP contribution in [0.5, 0.6) is 0 Å². The number of hydrogen-bond acceptors (Lipinski definition) is 7. The third-order valence-corrected chi connectivity index (χ3v) is 5.61. The van der Waals surface area contributed by atoms with E-state index in [9.17, 15) is 9.59 Å². The minimum atomic E-state index is -0.141. The summed E-state index contributed by atoms with van der Waals surface area (Å²) in [6.45, 7) is 11.3. The van der Waals surface area contributed by atoms with Crippen LogP contribution >= 0.6 is 0 Å². The molecule has 3 aromatic rings. The lowest BCUT2D eigenvalue weighted by atomic mass is 10.1. The van der Waals surface area contributed by atoms with Crippen LogP contribution in [-0.2, 0) is 6.54 Å². The van der Waals surface area contributed by atoms with E-state index in [2.05, 4.69) is 20.3 Å². The van der Waals surface area contributed by atoms with Crippen molar-refractivity contribution in [3.8, 4) is 5.82 Å². The fourth-order valence-electron chi connectivity index (χ4n) is 3.93. The van der Waals surface area contributed by atoms with Crippen LogP contribution in [0.15, 0.2) is 27.5 Å². The van der Waals surface area contributed by atoms with Gasteiger partial charge in [-0.15, -0.1) is 5.10 Å². The average molecular weight is 425 g/mol. The number of aryl methyl sites for hydroxylation is 4. The summed E-state index contributed by atoms with van der Waals surface area (Å²) in [6.07, 6.45) is 0. The number of rotatable bonds is 5. The number of aromatic nitrogens is 5. The molecule has 0 radical (unpaired) electrons. The van der Waals surface area contributed by atoms with E-state index >= 15 is 0 Å². The van der Waals surface area contributed by atoms with Crippen LogP contribution in [0.2, 0.25) is 0 Å². The molecule has 0 aromatic carbocycles. The quantitative estimate of drug-likeness (QED) is 0.603. The maximum Gasteiger partial charge on any atom is 0.266 e. The van der Waals surface area contributed by atoms with E-state index in [0.717, 1.165) is 24.5 Å². The Morgan fingerprint density at radius 2 is 1.77 bits per heavy atom. The van der Waals surface area contributed by atoms with Crippen LogP contribution in [0.4, 0.5) is 0 Å². The fourth-order valence-corrected chi connectivity index (χ4v) is 3.93. The molecule has 0 atom stereocenters. The lowest BCUT2D eigenvalue weighted by Crippen LogP contribution is -2.49. The average Bonchev–Trinajstić information content (AvgIpc) is 3.27. The first kappa shape index (κ1) is 21.0. The molecule has 3 aromatic heterocycles. The second kappa shape index (κ2) is 8.46. The van der Waals surface area contributed by atoms with Crippen molar-refractivity contribution in [2.75, 3.05) is 32.7 Å². The molecule has 0 saturated carbocycles. The molecule has 0 spiro atoms. The predicted octanol–water partition coefficient (Wildman–Crippen LogP) is 1.11. The number of nitrogens with zero attached hydrogens (tertiary/aromatic N) is 7. The van der Waals surface area contributed by atoms with Crippen molar-refractivity contribution in [3.63, 3.8) is 0 Å². The Balaban J connectivity index is 1.37. The van der Waals surface area contributed by atoms with Crippen LogP contribution in [0, 0.1) is 27.7 Å². The van der Waals surface area contributed by atoms with Gasteiger partial charge in [-0.3, -0.25) is 14.5 Å². The van der Waals surface area contributed by atoms with Crippen LogP contribution in [0.25, 0.3) is 5.82 Å². The Morgan fingerprint density at radius 1 is 1.03 bits per heavy atom. The molecule has 164 valence electrons. The third-order valence-electron chi connectivity index (χ3n) is 5.61. The van der Waals surface area contributed by atoms with Crippen LogP contribution in [0.1, 0.15) is 33.2 Å². The van der Waals surface area contributed by atoms with E-state index in [4.69, 9.17) is 4.52 Å². The van der Waals surface area contributed by atoms with Gasteiger partial charge >= 0.3 is 0 Å². The van der Waals surface area contributed by atoms with Crippen LogP contribution in [0.3, 0.4) is 0 Å². The lowest BCUT2D eigenvalue weighted by Gasteiger charge is -2.34. The molecule has 1 saturated heterocycles. The molecule has 0 unspecified atom stereocenters. The van der Waals surface area contributed by atoms with Crippen molar-refractivity contribution >= 4 is 5.91 Å². The van der Waals surface area contributed by atoms with E-state index in [1.165, 1.54) is 10.7 Å². The van der Waals surface area contributed by atoms with Gasteiger partial charge in [0.1, 0.15) is 11.3 Å². The summed E-state index contributed by atoms with van der Waals surface area (Å²) in [5.74, 6) is 1.14. The number of amides is 1. The highest BCUT2D eigenvalue weighted by Gasteiger charge is 2.26. The minimum Gasteiger partial charge on any atom is -0.361 e. The Morgan fingerprint density at radius 3 is 2.39 bits per heavy atom. The molecule has 1 amide bonds. The second-order valence-electron chi connectivity index (χ2n) is 7.92. The number of carbonyl (C=O) groups excluding carboxylic acids is 1. The molecule has 0 aliphatic carbocycles. The van der Waals surface area contributed by atoms with Crippen molar-refractivity contribution in [2.45, 2.75) is 34.2 Å². The maximum absolute atomic E-state index is 12.8. The summed E-state index contributed by atoms with van der Waals surface area (Å²) in [7, 11) is 0. The maximum atomic E-state index is 12.8. The molecular weight excluding hydrogens is 398 g/mol. The zero-order valence-corrected chi connectivity index (χ0v) is 18.3. The summed E-state index contributed by atoms with van der Waals surface area (Å²) >= 11 is 0. The summed E-state index contributed by atoms with van der Waals surface area (Å²) in [6, 6.07) is 5.19. The van der Waals surface area contributed by atoms with E-state index in [0.29, 0.717) is 49.0 Å². The van der Waals surface area contributed by atoms with Gasteiger partial charge in [0.05, 0.1) is 17.9 Å². The molecule has 1 fully saturated rings. The van der Waals surface area contributed by atoms with Crippen LogP contribution < -0.4 is 5.56 Å². The van der Waals surface area contributed by atoms with Crippen molar-refractivity contribution in [1.29, 1.82) is 0 Å². The lowest BCUT2D eigenvalue weighted by molar-refractivity contribution is 0.0629. The Hall–Kier alpha value is -3.27. The summed E-state index contributed by atoms with van der Waals surface area (Å²) in [5, 5.41) is 12.8. The van der Waals surface area contributed by atoms with Crippen molar-refractivity contribution < 1.29 is 9.32 Å². The Labute approximate surface area is 180 Å². The van der Waals surface area contributed by atoms with Crippen molar-refractivity contribution in [1.82, 2.24) is 34.5 Å². The van der Waals surface area contributed by atoms with E-state index in [1.54, 1.807) is 24.6 Å². The smallest absolute Gasteiger partial charge is 0.266 e. The monoisotopic (exact) mass is 425 g/mol. The highest BCUT2D eigenvalue weighted by Crippen LogP contribution is 2.16. The largest absolute Gasteiger partial charge is 0.361 e. The van der Waals surface area contributed by atoms with Gasteiger partial charge in [-0.2, -0.15) is 5.10 Å². The molecule has 4 rings (SSSR count). The first-order chi connectivity index (χ1) is 14.8. The van der Waals surface area contributed by atoms with Gasteiger partial charge in [0.2, 0.25) is 0 Å². The van der Waals surface area contributed by atoms with E-state index < -0.39 is 0 Å². The second-order valence-corrected chi connectivity index (χ2v) is 7.92. The Kier molecular flexibility index (Phi) is 5.73. The number of piperazine rings is 1. The standard InChI is InChI=1S/C21H27N7O3/c1-14-13-15(2)28(22-14)18-5-6-19(29)27(23-18)12-9-25-7-10-26(11-8-25)21(30)20-16(3)24-31-17(20)4/h5-6,13H,7-12H2,1-4H3. The van der Waals surface area contributed by atoms with E-state index in [-0.39, 0.29) is 11.5 Å². The highest BCUT2D eigenvalue weighted by atomic mass is 16.5. The van der Waals surface area contributed by atoms with Gasteiger partial charge in [0, 0.05) is 44.5 Å². The summed E-state index contributed by atoms with van der Waals surface area (Å²) < 4.78 is 8.34. The zero-order chi connectivity index (χ0) is 22.1. The summed E-state index contributed by atoms with van der Waals surface area (Å²) in [5.41, 5.74) is 2.91. The topological polar surface area (TPSA) is 102 Å². The van der Waals surface area contributed by atoms with E-state index in [1.807, 2.05) is 24.8 Å². The first-order valence-electron chi connectivity index (χ1n) is 10.4. The van der Waals surface area contributed by atoms with Gasteiger partial charge in [0.25, 0.3) is 11.5 Å². The molecule has 1 aliphatic heterocycles. The first-order valence-corrected chi connectivity index (χ1v) is 10.4. The normalized spacial score (nSPS) is 14.9. The Bertz CT molecular complexity index is 1130. The SMILES string of the molecule is Cc1cc(C)n(-c2ccc(=O)n(CCN3CCN(C(=O)c4c(C)noc4C)CC3)n2)n1. The number of carbonyl (C=O) groups is 1. The van der Waals surface area contributed by atoms with Crippen molar-refractivity contribution in [2.24, 2.45) is 0 Å². The third kappa shape index (κ3) is 4.29. The van der Waals surface area contributed by atoms with Gasteiger partial charge in [0.15, 0.2) is 5.82 Å². The fraction of sp³-hybridized carbons (Fsp3) is 0.476.